The highest BCUT2D eigenvalue weighted by molar-refractivity contribution is 5.91. The maximum atomic E-state index is 12.3. The maximum Gasteiger partial charge on any atom is 0.244 e. The van der Waals surface area contributed by atoms with Crippen LogP contribution in [0.2, 0.25) is 0 Å². The van der Waals surface area contributed by atoms with E-state index in [0.717, 1.165) is 17.7 Å². The first-order valence-electron chi connectivity index (χ1n) is 10.6. The van der Waals surface area contributed by atoms with Crippen LogP contribution in [0.4, 0.5) is 0 Å². The van der Waals surface area contributed by atoms with Gasteiger partial charge in [-0.1, -0.05) is 30.3 Å². The van der Waals surface area contributed by atoms with Gasteiger partial charge in [-0.05, 0) is 69.6 Å². The molecule has 0 aromatic heterocycles. The van der Waals surface area contributed by atoms with Crippen molar-refractivity contribution in [2.45, 2.75) is 46.8 Å². The summed E-state index contributed by atoms with van der Waals surface area (Å²) in [6.07, 6.45) is 3.33. The van der Waals surface area contributed by atoms with Gasteiger partial charge in [-0.2, -0.15) is 0 Å². The Morgan fingerprint density at radius 2 is 1.70 bits per heavy atom. The molecule has 0 radical (unpaired) electrons. The number of amides is 1. The minimum Gasteiger partial charge on any atom is -0.490 e. The fourth-order valence-corrected chi connectivity index (χ4v) is 2.92. The van der Waals surface area contributed by atoms with Crippen molar-refractivity contribution in [1.29, 1.82) is 0 Å². The van der Waals surface area contributed by atoms with Crippen molar-refractivity contribution >= 4 is 12.0 Å². The molecule has 0 saturated carbocycles. The molecule has 162 valence electrons. The fourth-order valence-electron chi connectivity index (χ4n) is 2.92. The predicted octanol–water partition coefficient (Wildman–Crippen LogP) is 4.65. The molecular formula is C25H34N2O3. The largest absolute Gasteiger partial charge is 0.490 e. The number of carbonyl (C=O) groups is 1. The van der Waals surface area contributed by atoms with Crippen LogP contribution in [0.25, 0.3) is 6.08 Å². The SMILES string of the molecule is CCOc1ccc(C=CC(=O)NCc2ccccc2CN(C)C(C)C)cc1OCC. The van der Waals surface area contributed by atoms with Crippen LogP contribution in [0.3, 0.4) is 0 Å². The van der Waals surface area contributed by atoms with E-state index in [1.165, 1.54) is 5.56 Å². The van der Waals surface area contributed by atoms with Gasteiger partial charge >= 0.3 is 0 Å². The zero-order chi connectivity index (χ0) is 21.9. The number of nitrogens with one attached hydrogen (secondary N) is 1. The van der Waals surface area contributed by atoms with Crippen LogP contribution in [0, 0.1) is 0 Å². The highest BCUT2D eigenvalue weighted by atomic mass is 16.5. The number of ether oxygens (including phenoxy) is 2. The van der Waals surface area contributed by atoms with Gasteiger partial charge < -0.3 is 14.8 Å². The summed E-state index contributed by atoms with van der Waals surface area (Å²) in [5.74, 6) is 1.27. The molecule has 0 fully saturated rings. The first-order valence-corrected chi connectivity index (χ1v) is 10.6. The zero-order valence-corrected chi connectivity index (χ0v) is 18.8. The van der Waals surface area contributed by atoms with Gasteiger partial charge in [0.2, 0.25) is 5.91 Å². The smallest absolute Gasteiger partial charge is 0.244 e. The Bertz CT molecular complexity index is 846. The van der Waals surface area contributed by atoms with E-state index in [4.69, 9.17) is 9.47 Å². The monoisotopic (exact) mass is 410 g/mol. The number of nitrogens with zero attached hydrogens (tertiary/aromatic N) is 1. The van der Waals surface area contributed by atoms with E-state index < -0.39 is 0 Å². The lowest BCUT2D eigenvalue weighted by Gasteiger charge is -2.22. The number of hydrogen-bond acceptors (Lipinski definition) is 4. The summed E-state index contributed by atoms with van der Waals surface area (Å²) in [6, 6.07) is 14.4. The second-order valence-corrected chi connectivity index (χ2v) is 7.40. The third kappa shape index (κ3) is 7.23. The Balaban J connectivity index is 2.00. The van der Waals surface area contributed by atoms with Crippen molar-refractivity contribution < 1.29 is 14.3 Å². The van der Waals surface area contributed by atoms with Crippen molar-refractivity contribution in [3.8, 4) is 11.5 Å². The van der Waals surface area contributed by atoms with E-state index in [2.05, 4.69) is 43.2 Å². The molecule has 5 heteroatoms. The van der Waals surface area contributed by atoms with E-state index in [0.29, 0.717) is 37.3 Å². The van der Waals surface area contributed by atoms with Crippen molar-refractivity contribution in [3.63, 3.8) is 0 Å². The lowest BCUT2D eigenvalue weighted by Crippen LogP contribution is -2.27. The van der Waals surface area contributed by atoms with Crippen molar-refractivity contribution in [2.24, 2.45) is 0 Å². The standard InChI is InChI=1S/C25H34N2O3/c1-6-29-23-14-12-20(16-24(23)30-7-2)13-15-25(28)26-17-21-10-8-9-11-22(21)18-27(5)19(3)4/h8-16,19H,6-7,17-18H2,1-5H3,(H,26,28). The molecule has 1 N–H and O–H groups in total. The maximum absolute atomic E-state index is 12.3. The molecule has 0 spiro atoms. The number of rotatable bonds is 11. The molecule has 2 rings (SSSR count). The third-order valence-corrected chi connectivity index (χ3v) is 4.87. The summed E-state index contributed by atoms with van der Waals surface area (Å²) in [6.45, 7) is 10.7. The topological polar surface area (TPSA) is 50.8 Å². The molecule has 0 unspecified atom stereocenters. The molecule has 0 aliphatic heterocycles. The van der Waals surface area contributed by atoms with E-state index in [1.54, 1.807) is 12.2 Å². The van der Waals surface area contributed by atoms with Crippen LogP contribution in [-0.2, 0) is 17.9 Å². The van der Waals surface area contributed by atoms with Crippen LogP contribution >= 0.6 is 0 Å². The molecule has 0 atom stereocenters. The highest BCUT2D eigenvalue weighted by Gasteiger charge is 2.09. The molecule has 5 nitrogen and oxygen atoms in total. The molecule has 0 heterocycles. The molecule has 2 aromatic carbocycles. The van der Waals surface area contributed by atoms with E-state index in [1.807, 2.05) is 44.2 Å². The van der Waals surface area contributed by atoms with Gasteiger partial charge in [0.15, 0.2) is 11.5 Å². The molecule has 0 bridgehead atoms. The Kier molecular flexibility index (Phi) is 9.42. The van der Waals surface area contributed by atoms with Gasteiger partial charge in [-0.15, -0.1) is 0 Å². The van der Waals surface area contributed by atoms with Crippen LogP contribution < -0.4 is 14.8 Å². The van der Waals surface area contributed by atoms with Crippen LogP contribution in [0.1, 0.15) is 44.4 Å². The van der Waals surface area contributed by atoms with Gasteiger partial charge in [0.1, 0.15) is 0 Å². The van der Waals surface area contributed by atoms with Gasteiger partial charge in [0, 0.05) is 25.2 Å². The number of hydrogen-bond donors (Lipinski definition) is 1. The van der Waals surface area contributed by atoms with Crippen LogP contribution in [-0.4, -0.2) is 37.1 Å². The van der Waals surface area contributed by atoms with E-state index in [9.17, 15) is 4.79 Å². The first-order chi connectivity index (χ1) is 14.4. The molecule has 0 saturated heterocycles. The second kappa shape index (κ2) is 12.0. The second-order valence-electron chi connectivity index (χ2n) is 7.40. The summed E-state index contributed by atoms with van der Waals surface area (Å²) in [5.41, 5.74) is 3.24. The average Bonchev–Trinajstić information content (AvgIpc) is 2.73. The van der Waals surface area contributed by atoms with Crippen molar-refractivity contribution in [2.75, 3.05) is 20.3 Å². The summed E-state index contributed by atoms with van der Waals surface area (Å²) < 4.78 is 11.2. The van der Waals surface area contributed by atoms with Crippen LogP contribution in [0.15, 0.2) is 48.5 Å². The lowest BCUT2D eigenvalue weighted by atomic mass is 10.1. The molecule has 2 aromatic rings. The fraction of sp³-hybridized carbons (Fsp3) is 0.400. The Hall–Kier alpha value is -2.79. The minimum absolute atomic E-state index is 0.131. The zero-order valence-electron chi connectivity index (χ0n) is 18.8. The van der Waals surface area contributed by atoms with Crippen LogP contribution in [0.5, 0.6) is 11.5 Å². The van der Waals surface area contributed by atoms with Gasteiger partial charge in [-0.25, -0.2) is 0 Å². The molecular weight excluding hydrogens is 376 g/mol. The average molecular weight is 411 g/mol. The van der Waals surface area contributed by atoms with Crippen molar-refractivity contribution in [3.05, 3.63) is 65.2 Å². The minimum atomic E-state index is -0.131. The molecule has 0 aliphatic rings. The lowest BCUT2D eigenvalue weighted by molar-refractivity contribution is -0.116. The summed E-state index contributed by atoms with van der Waals surface area (Å²) in [4.78, 5) is 14.6. The Labute approximate surface area is 180 Å². The predicted molar refractivity (Wildman–Crippen MR) is 123 cm³/mol. The highest BCUT2D eigenvalue weighted by Crippen LogP contribution is 2.29. The normalized spacial score (nSPS) is 11.3. The summed E-state index contributed by atoms with van der Waals surface area (Å²) >= 11 is 0. The van der Waals surface area contributed by atoms with Gasteiger partial charge in [0.25, 0.3) is 0 Å². The first kappa shape index (κ1) is 23.5. The Morgan fingerprint density at radius 1 is 1.03 bits per heavy atom. The quantitative estimate of drug-likeness (QED) is 0.548. The summed E-state index contributed by atoms with van der Waals surface area (Å²) in [5, 5.41) is 2.98. The molecule has 0 aliphatic carbocycles. The van der Waals surface area contributed by atoms with E-state index in [-0.39, 0.29) is 5.91 Å². The van der Waals surface area contributed by atoms with Crippen molar-refractivity contribution in [1.82, 2.24) is 10.2 Å². The third-order valence-electron chi connectivity index (χ3n) is 4.87. The molecule has 1 amide bonds. The summed E-state index contributed by atoms with van der Waals surface area (Å²) in [7, 11) is 2.11. The number of carbonyl (C=O) groups excluding carboxylic acids is 1. The number of benzene rings is 2. The van der Waals surface area contributed by atoms with E-state index >= 15 is 0 Å². The van der Waals surface area contributed by atoms with Gasteiger partial charge in [-0.3, -0.25) is 9.69 Å². The van der Waals surface area contributed by atoms with Gasteiger partial charge in [0.05, 0.1) is 13.2 Å². The molecule has 30 heavy (non-hydrogen) atoms. The Morgan fingerprint density at radius 3 is 2.37 bits per heavy atom.